The number of hydrogen-bond donors (Lipinski definition) is 3. The first-order valence-corrected chi connectivity index (χ1v) is 16.3. The van der Waals surface area contributed by atoms with E-state index < -0.39 is 39.5 Å². The Labute approximate surface area is 268 Å². The number of rotatable bonds is 10. The second-order valence-corrected chi connectivity index (χ2v) is 13.0. The zero-order valence-electron chi connectivity index (χ0n) is 24.9. The van der Waals surface area contributed by atoms with Gasteiger partial charge in [0.1, 0.15) is 11.9 Å². The molecule has 1 saturated heterocycles. The minimum Gasteiger partial charge on any atom is -0.361 e. The molecule has 3 N–H and O–H groups in total. The summed E-state index contributed by atoms with van der Waals surface area (Å²) in [5, 5.41) is 7.03. The molecule has 47 heavy (non-hydrogen) atoms. The minimum atomic E-state index is -4.49. The number of benzene rings is 3. The first kappa shape index (κ1) is 32.1. The lowest BCUT2D eigenvalue weighted by atomic mass is 10.1. The van der Waals surface area contributed by atoms with Gasteiger partial charge in [0.15, 0.2) is 0 Å². The van der Waals surface area contributed by atoms with Gasteiger partial charge < -0.3 is 15.6 Å². The Kier molecular flexibility index (Phi) is 8.97. The Hall–Kier alpha value is -4.82. The number of alkyl halides is 3. The van der Waals surface area contributed by atoms with Crippen molar-refractivity contribution in [1.29, 1.82) is 0 Å². The zero-order valence-corrected chi connectivity index (χ0v) is 25.7. The van der Waals surface area contributed by atoms with E-state index in [0.29, 0.717) is 42.8 Å². The predicted molar refractivity (Wildman–Crippen MR) is 168 cm³/mol. The van der Waals surface area contributed by atoms with Gasteiger partial charge in [-0.05, 0) is 73.4 Å². The van der Waals surface area contributed by atoms with Crippen LogP contribution in [0.25, 0.3) is 22.2 Å². The minimum absolute atomic E-state index is 0.0902. The Morgan fingerprint density at radius 1 is 1.00 bits per heavy atom. The molecule has 1 aliphatic rings. The van der Waals surface area contributed by atoms with Crippen molar-refractivity contribution >= 4 is 32.8 Å². The molecule has 3 aromatic carbocycles. The summed E-state index contributed by atoms with van der Waals surface area (Å²) < 4.78 is 80.6. The molecule has 6 rings (SSSR count). The van der Waals surface area contributed by atoms with E-state index in [9.17, 15) is 30.8 Å². The van der Waals surface area contributed by atoms with Crippen molar-refractivity contribution in [3.05, 3.63) is 108 Å². The van der Waals surface area contributed by atoms with Crippen LogP contribution < -0.4 is 10.6 Å². The smallest absolute Gasteiger partial charge is 0.361 e. The van der Waals surface area contributed by atoms with Gasteiger partial charge in [-0.1, -0.05) is 30.3 Å². The quantitative estimate of drug-likeness (QED) is 0.160. The van der Waals surface area contributed by atoms with Crippen molar-refractivity contribution in [3.8, 4) is 11.3 Å². The lowest BCUT2D eigenvalue weighted by Gasteiger charge is -2.23. The summed E-state index contributed by atoms with van der Waals surface area (Å²) in [6, 6.07) is 17.5. The maximum atomic E-state index is 13.4. The number of nitrogens with zero attached hydrogens (tertiary/aromatic N) is 3. The fourth-order valence-corrected chi connectivity index (χ4v) is 7.28. The molecule has 1 aliphatic heterocycles. The summed E-state index contributed by atoms with van der Waals surface area (Å²) >= 11 is 0. The fraction of sp³-hybridized carbons (Fsp3) is 0.242. The van der Waals surface area contributed by atoms with Gasteiger partial charge in [0.25, 0.3) is 0 Å². The van der Waals surface area contributed by atoms with E-state index in [1.807, 2.05) is 30.5 Å². The molecule has 1 unspecified atom stereocenters. The number of aromatic amines is 1. The van der Waals surface area contributed by atoms with Crippen LogP contribution in [0, 0.1) is 5.82 Å². The second-order valence-electron chi connectivity index (χ2n) is 11.1. The standard InChI is InChI=1S/C33H30F4N6O3S/c34-24-11-13-26(14-12-24)47(45,46)43-17-3-6-30(43)31(44)40-20-25-18-29(21-7-9-23(10-8-21)33(35,36)37)42-32(41-25)38-16-15-22-19-39-28-5-2-1-4-27(22)28/h1-2,4-5,7-14,18-19,30,39H,3,6,15-17,20H2,(H,40,44)(H,38,41,42). The number of sulfonamides is 1. The number of nitrogens with one attached hydrogen (secondary N) is 3. The second kappa shape index (κ2) is 13.1. The number of hydrogen-bond acceptors (Lipinski definition) is 6. The van der Waals surface area contributed by atoms with E-state index in [0.717, 1.165) is 57.2 Å². The molecule has 1 amide bonds. The van der Waals surface area contributed by atoms with Crippen molar-refractivity contribution in [2.24, 2.45) is 0 Å². The van der Waals surface area contributed by atoms with E-state index in [2.05, 4.69) is 25.6 Å². The van der Waals surface area contributed by atoms with E-state index in [1.54, 1.807) is 6.07 Å². The maximum absolute atomic E-state index is 13.4. The molecule has 244 valence electrons. The Balaban J connectivity index is 1.20. The molecule has 1 atom stereocenters. The van der Waals surface area contributed by atoms with Crippen molar-refractivity contribution in [1.82, 2.24) is 24.6 Å². The van der Waals surface area contributed by atoms with Gasteiger partial charge >= 0.3 is 6.18 Å². The lowest BCUT2D eigenvalue weighted by molar-refractivity contribution is -0.137. The summed E-state index contributed by atoms with van der Waals surface area (Å²) in [7, 11) is -4.05. The summed E-state index contributed by atoms with van der Waals surface area (Å²) in [5.41, 5.74) is 2.41. The van der Waals surface area contributed by atoms with Crippen molar-refractivity contribution in [2.45, 2.75) is 42.9 Å². The number of fused-ring (bicyclic) bond motifs is 1. The largest absolute Gasteiger partial charge is 0.416 e. The van der Waals surface area contributed by atoms with Gasteiger partial charge in [0.2, 0.25) is 21.9 Å². The van der Waals surface area contributed by atoms with Crippen LogP contribution in [-0.2, 0) is 34.0 Å². The van der Waals surface area contributed by atoms with Crippen molar-refractivity contribution in [2.75, 3.05) is 18.4 Å². The molecular formula is C33H30F4N6O3S. The van der Waals surface area contributed by atoms with Gasteiger partial charge in [-0.3, -0.25) is 4.79 Å². The van der Waals surface area contributed by atoms with Crippen LogP contribution in [0.5, 0.6) is 0 Å². The number of amides is 1. The fourth-order valence-electron chi connectivity index (χ4n) is 5.62. The van der Waals surface area contributed by atoms with Crippen LogP contribution in [0.3, 0.4) is 0 Å². The molecule has 0 bridgehead atoms. The third-order valence-corrected chi connectivity index (χ3v) is 9.93. The topological polar surface area (TPSA) is 120 Å². The highest BCUT2D eigenvalue weighted by molar-refractivity contribution is 7.89. The van der Waals surface area contributed by atoms with Gasteiger partial charge in [0.05, 0.1) is 28.4 Å². The molecule has 0 aliphatic carbocycles. The monoisotopic (exact) mass is 666 g/mol. The van der Waals surface area contributed by atoms with Crippen LogP contribution in [0.4, 0.5) is 23.5 Å². The summed E-state index contributed by atoms with van der Waals surface area (Å²) in [6.45, 7) is 0.489. The summed E-state index contributed by atoms with van der Waals surface area (Å²) in [5.74, 6) is -0.892. The summed E-state index contributed by atoms with van der Waals surface area (Å²) in [4.78, 5) is 25.5. The number of carbonyl (C=O) groups is 1. The van der Waals surface area contributed by atoms with E-state index in [-0.39, 0.29) is 23.9 Å². The van der Waals surface area contributed by atoms with Crippen LogP contribution in [0.1, 0.15) is 29.7 Å². The van der Waals surface area contributed by atoms with Gasteiger partial charge in [-0.25, -0.2) is 22.8 Å². The van der Waals surface area contributed by atoms with Gasteiger partial charge in [0, 0.05) is 35.8 Å². The Morgan fingerprint density at radius 3 is 2.49 bits per heavy atom. The first-order chi connectivity index (χ1) is 22.5. The first-order valence-electron chi connectivity index (χ1n) is 14.9. The molecule has 5 aromatic rings. The molecule has 9 nitrogen and oxygen atoms in total. The molecule has 3 heterocycles. The van der Waals surface area contributed by atoms with E-state index in [4.69, 9.17) is 0 Å². The highest BCUT2D eigenvalue weighted by Crippen LogP contribution is 2.31. The zero-order chi connectivity index (χ0) is 33.2. The third kappa shape index (κ3) is 7.13. The normalized spacial score (nSPS) is 15.6. The maximum Gasteiger partial charge on any atom is 0.416 e. The number of H-pyrrole nitrogens is 1. The van der Waals surface area contributed by atoms with Gasteiger partial charge in [-0.2, -0.15) is 17.5 Å². The molecule has 0 radical (unpaired) electrons. The Morgan fingerprint density at radius 2 is 1.74 bits per heavy atom. The lowest BCUT2D eigenvalue weighted by Crippen LogP contribution is -2.45. The van der Waals surface area contributed by atoms with E-state index in [1.165, 1.54) is 12.1 Å². The molecule has 14 heteroatoms. The molecule has 1 fully saturated rings. The summed E-state index contributed by atoms with van der Waals surface area (Å²) in [6.07, 6.45) is -1.17. The Bertz CT molecular complexity index is 2000. The van der Waals surface area contributed by atoms with Crippen LogP contribution in [0.15, 0.2) is 90.0 Å². The van der Waals surface area contributed by atoms with Crippen molar-refractivity contribution < 1.29 is 30.8 Å². The predicted octanol–water partition coefficient (Wildman–Crippen LogP) is 5.91. The van der Waals surface area contributed by atoms with Crippen LogP contribution in [-0.4, -0.2) is 52.7 Å². The number of halogens is 4. The molecular weight excluding hydrogens is 636 g/mol. The number of anilines is 1. The number of carbonyl (C=O) groups excluding carboxylic acids is 1. The average Bonchev–Trinajstić information content (AvgIpc) is 3.72. The van der Waals surface area contributed by atoms with Crippen LogP contribution in [0.2, 0.25) is 0 Å². The van der Waals surface area contributed by atoms with Crippen molar-refractivity contribution in [3.63, 3.8) is 0 Å². The molecule has 2 aromatic heterocycles. The van der Waals surface area contributed by atoms with Gasteiger partial charge in [-0.15, -0.1) is 0 Å². The number of para-hydroxylation sites is 1. The van der Waals surface area contributed by atoms with E-state index >= 15 is 0 Å². The number of aromatic nitrogens is 3. The highest BCUT2D eigenvalue weighted by atomic mass is 32.2. The third-order valence-electron chi connectivity index (χ3n) is 8.01. The SMILES string of the molecule is O=C(NCc1cc(-c2ccc(C(F)(F)F)cc2)nc(NCCc2c[nH]c3ccccc23)n1)C1CCCN1S(=O)(=O)c1ccc(F)cc1. The molecule has 0 saturated carbocycles. The van der Waals surface area contributed by atoms with Crippen LogP contribution >= 0.6 is 0 Å². The molecule has 0 spiro atoms. The highest BCUT2D eigenvalue weighted by Gasteiger charge is 2.39. The average molecular weight is 667 g/mol.